The van der Waals surface area contributed by atoms with Gasteiger partial charge in [0.1, 0.15) is 6.17 Å². The maximum Gasteiger partial charge on any atom is 0.253 e. The van der Waals surface area contributed by atoms with E-state index in [0.29, 0.717) is 13.0 Å². The molecule has 2 aromatic carbocycles. The third-order valence-corrected chi connectivity index (χ3v) is 8.53. The van der Waals surface area contributed by atoms with E-state index in [4.69, 9.17) is 0 Å². The Morgan fingerprint density at radius 1 is 1.09 bits per heavy atom. The van der Waals surface area contributed by atoms with Crippen LogP contribution in [-0.2, 0) is 0 Å². The number of nitrogens with zero attached hydrogens (tertiary/aromatic N) is 2. The van der Waals surface area contributed by atoms with Crippen LogP contribution in [0.4, 0.5) is 10.1 Å². The quantitative estimate of drug-likeness (QED) is 0.240. The van der Waals surface area contributed by atoms with Crippen molar-refractivity contribution >= 4 is 28.4 Å². The highest BCUT2D eigenvalue weighted by atomic mass is 19.1. The Labute approximate surface area is 258 Å². The number of carbonyl (C=O) groups is 1. The number of halogens is 1. The van der Waals surface area contributed by atoms with Gasteiger partial charge >= 0.3 is 0 Å². The number of benzene rings is 2. The van der Waals surface area contributed by atoms with E-state index >= 15 is 0 Å². The minimum absolute atomic E-state index is 0.120. The number of hydrogen-bond acceptors (Lipinski definition) is 3. The van der Waals surface area contributed by atoms with Gasteiger partial charge < -0.3 is 15.1 Å². The summed E-state index contributed by atoms with van der Waals surface area (Å²) in [7, 11) is 0. The van der Waals surface area contributed by atoms with Crippen LogP contribution in [0.15, 0.2) is 78.6 Å². The zero-order valence-corrected chi connectivity index (χ0v) is 26.9. The van der Waals surface area contributed by atoms with Crippen molar-refractivity contribution in [2.45, 2.75) is 73.4 Å². The zero-order valence-electron chi connectivity index (χ0n) is 26.9. The molecule has 2 heterocycles. The molecule has 0 unspecified atom stereocenters. The first-order valence-corrected chi connectivity index (χ1v) is 15.8. The Balaban J connectivity index is 1.61. The van der Waals surface area contributed by atoms with Gasteiger partial charge in [0.15, 0.2) is 0 Å². The Hall–Kier alpha value is -3.86. The molecule has 2 aliphatic heterocycles. The fraction of sp³-hybridized carbons (Fsp3) is 0.395. The van der Waals surface area contributed by atoms with Gasteiger partial charge in [-0.2, -0.15) is 0 Å². The fourth-order valence-electron chi connectivity index (χ4n) is 5.96. The average molecular weight is 582 g/mol. The van der Waals surface area contributed by atoms with E-state index in [2.05, 4.69) is 94.8 Å². The number of allylic oxidation sites excluding steroid dienone is 7. The first kappa shape index (κ1) is 32.1. The minimum atomic E-state index is -0.769. The number of amides is 1. The van der Waals surface area contributed by atoms with E-state index in [0.717, 1.165) is 100 Å². The second kappa shape index (κ2) is 14.5. The highest BCUT2D eigenvalue weighted by molar-refractivity contribution is 5.95. The van der Waals surface area contributed by atoms with Crippen LogP contribution in [-0.4, -0.2) is 43.2 Å². The van der Waals surface area contributed by atoms with Crippen LogP contribution in [0.3, 0.4) is 0 Å². The predicted octanol–water partition coefficient (Wildman–Crippen LogP) is 9.11. The first-order valence-electron chi connectivity index (χ1n) is 15.8. The summed E-state index contributed by atoms with van der Waals surface area (Å²) in [5.41, 5.74) is 12.0. The highest BCUT2D eigenvalue weighted by Gasteiger charge is 2.26. The monoisotopic (exact) mass is 581 g/mol. The number of aryl methyl sites for hydroxylation is 1. The molecule has 2 aromatic rings. The van der Waals surface area contributed by atoms with E-state index in [1.807, 2.05) is 29.3 Å². The molecule has 0 saturated carbocycles. The average Bonchev–Trinajstić information content (AvgIpc) is 3.76. The molecule has 228 valence electrons. The number of carbonyl (C=O) groups excluding carboxylic acids is 1. The van der Waals surface area contributed by atoms with Gasteiger partial charge in [-0.15, -0.1) is 0 Å². The largest absolute Gasteiger partial charge is 0.368 e. The van der Waals surface area contributed by atoms with Gasteiger partial charge in [-0.25, -0.2) is 4.39 Å². The van der Waals surface area contributed by atoms with E-state index in [9.17, 15) is 9.18 Å². The lowest BCUT2D eigenvalue weighted by atomic mass is 9.91. The number of rotatable bonds is 13. The van der Waals surface area contributed by atoms with Crippen LogP contribution in [0.2, 0.25) is 0 Å². The Bertz CT molecular complexity index is 1480. The summed E-state index contributed by atoms with van der Waals surface area (Å²) < 4.78 is 14.0. The van der Waals surface area contributed by atoms with Gasteiger partial charge in [0.05, 0.1) is 5.70 Å². The smallest absolute Gasteiger partial charge is 0.253 e. The molecule has 0 aromatic heterocycles. The van der Waals surface area contributed by atoms with Gasteiger partial charge in [-0.1, -0.05) is 57.2 Å². The number of nitrogens with one attached hydrogen (secondary N) is 1. The standard InChI is InChI=1S/C38H48FN3O/c1-8-11-19-41(18-10-3)38(43)31-13-15-33(28(6)22-31)27(5)21-26(4)29(7)34(12-9-2)30-14-16-37(35(23-30)36-24-40-36)42-20-17-32(39)25-42/h9,12-16,21-24,32,40H,2,8,10-11,17-20,25H2,1,3-7H3/b27-21+,29-26+,34-12+/t32-/m0/s1. The van der Waals surface area contributed by atoms with Crippen molar-refractivity contribution in [3.63, 3.8) is 0 Å². The third-order valence-electron chi connectivity index (χ3n) is 8.53. The topological polar surface area (TPSA) is 45.5 Å². The van der Waals surface area contributed by atoms with Crippen LogP contribution < -0.4 is 10.2 Å². The molecule has 0 spiro atoms. The van der Waals surface area contributed by atoms with Crippen LogP contribution in [0.25, 0.3) is 16.8 Å². The normalized spacial score (nSPS) is 17.3. The van der Waals surface area contributed by atoms with Crippen molar-refractivity contribution in [2.24, 2.45) is 0 Å². The molecule has 0 radical (unpaired) electrons. The summed E-state index contributed by atoms with van der Waals surface area (Å²) >= 11 is 0. The molecule has 0 aliphatic carbocycles. The molecule has 1 N–H and O–H groups in total. The number of unbranched alkanes of at least 4 members (excludes halogenated alkanes) is 1. The van der Waals surface area contributed by atoms with Crippen molar-refractivity contribution in [2.75, 3.05) is 31.1 Å². The second-order valence-corrected chi connectivity index (χ2v) is 11.9. The molecule has 0 bridgehead atoms. The van der Waals surface area contributed by atoms with Crippen molar-refractivity contribution in [1.82, 2.24) is 10.2 Å². The van der Waals surface area contributed by atoms with E-state index < -0.39 is 6.17 Å². The van der Waals surface area contributed by atoms with Gasteiger partial charge in [0.2, 0.25) is 0 Å². The second-order valence-electron chi connectivity index (χ2n) is 11.9. The number of anilines is 1. The van der Waals surface area contributed by atoms with Crippen molar-refractivity contribution < 1.29 is 9.18 Å². The maximum atomic E-state index is 14.0. The SMILES string of the molecule is C=C\C=C(/C(C)=C(C)/C=C(\C)c1ccc(C(=O)N(CCC)CCCC)cc1C)c1ccc(N2CC[C@H](F)C2)c(C2=CN2)c1. The third kappa shape index (κ3) is 7.76. The summed E-state index contributed by atoms with van der Waals surface area (Å²) in [6.45, 7) is 19.6. The molecule has 2 aliphatic rings. The lowest BCUT2D eigenvalue weighted by Crippen LogP contribution is -2.32. The summed E-state index contributed by atoms with van der Waals surface area (Å²) in [6, 6.07) is 12.6. The van der Waals surface area contributed by atoms with Crippen LogP contribution >= 0.6 is 0 Å². The van der Waals surface area contributed by atoms with Crippen LogP contribution in [0.1, 0.15) is 92.9 Å². The Morgan fingerprint density at radius 3 is 2.44 bits per heavy atom. The minimum Gasteiger partial charge on any atom is -0.368 e. The van der Waals surface area contributed by atoms with Crippen molar-refractivity contribution in [3.05, 3.63) is 106 Å². The molecule has 5 heteroatoms. The van der Waals surface area contributed by atoms with Gasteiger partial charge in [0, 0.05) is 49.2 Å². The van der Waals surface area contributed by atoms with Crippen LogP contribution in [0.5, 0.6) is 0 Å². The Kier molecular flexibility index (Phi) is 10.8. The fourth-order valence-corrected chi connectivity index (χ4v) is 5.96. The maximum absolute atomic E-state index is 14.0. The van der Waals surface area contributed by atoms with Crippen molar-refractivity contribution in [1.29, 1.82) is 0 Å². The van der Waals surface area contributed by atoms with Crippen molar-refractivity contribution in [3.8, 4) is 0 Å². The molecule has 1 saturated heterocycles. The van der Waals surface area contributed by atoms with Gasteiger partial charge in [-0.3, -0.25) is 4.79 Å². The van der Waals surface area contributed by atoms with Crippen LogP contribution in [0, 0.1) is 6.92 Å². The molecule has 4 nitrogen and oxygen atoms in total. The molecule has 4 rings (SSSR count). The van der Waals surface area contributed by atoms with E-state index in [1.54, 1.807) is 0 Å². The van der Waals surface area contributed by atoms with E-state index in [1.165, 1.54) is 0 Å². The molecule has 43 heavy (non-hydrogen) atoms. The summed E-state index contributed by atoms with van der Waals surface area (Å²) in [5, 5.41) is 3.24. The number of hydrogen-bond donors (Lipinski definition) is 1. The lowest BCUT2D eigenvalue weighted by Gasteiger charge is -2.22. The molecular weight excluding hydrogens is 533 g/mol. The Morgan fingerprint density at radius 2 is 1.84 bits per heavy atom. The summed E-state index contributed by atoms with van der Waals surface area (Å²) in [5.74, 6) is 0.120. The van der Waals surface area contributed by atoms with E-state index in [-0.39, 0.29) is 5.91 Å². The molecule has 1 fully saturated rings. The first-order chi connectivity index (χ1) is 20.7. The van der Waals surface area contributed by atoms with Gasteiger partial charge in [-0.05, 0) is 110 Å². The number of alkyl halides is 1. The van der Waals surface area contributed by atoms with Gasteiger partial charge in [0.25, 0.3) is 5.91 Å². The highest BCUT2D eigenvalue weighted by Crippen LogP contribution is 2.37. The summed E-state index contributed by atoms with van der Waals surface area (Å²) in [4.78, 5) is 17.4. The predicted molar refractivity (Wildman–Crippen MR) is 182 cm³/mol. The molecule has 1 amide bonds. The lowest BCUT2D eigenvalue weighted by molar-refractivity contribution is 0.0753. The summed E-state index contributed by atoms with van der Waals surface area (Å²) in [6.07, 6.45) is 11.0. The molecule has 1 atom stereocenters. The zero-order chi connectivity index (χ0) is 31.1. The molecular formula is C38H48FN3O.